The van der Waals surface area contributed by atoms with Crippen molar-refractivity contribution in [1.29, 1.82) is 0 Å². The van der Waals surface area contributed by atoms with Gasteiger partial charge in [-0.15, -0.1) is 0 Å². The molecule has 1 aromatic carbocycles. The molecule has 5 amide bonds. The highest BCUT2D eigenvalue weighted by molar-refractivity contribution is 8.77. The lowest BCUT2D eigenvalue weighted by atomic mass is 10.0. The fraction of sp³-hybridized carbons (Fsp3) is 0.517. The Balaban J connectivity index is 2.47. The Bertz CT molecular complexity index is 1380. The number of aliphatic imine (C=N–C) groups is 1. The predicted octanol–water partition coefficient (Wildman–Crippen LogP) is -2.07. The molecule has 17 nitrogen and oxygen atoms in total. The number of hydrogen-bond acceptors (Lipinski definition) is 11. The number of primary amides is 1. The van der Waals surface area contributed by atoms with Crippen molar-refractivity contribution in [2.24, 2.45) is 22.2 Å². The lowest BCUT2D eigenvalue weighted by Gasteiger charge is -2.33. The van der Waals surface area contributed by atoms with Crippen molar-refractivity contribution in [1.82, 2.24) is 26.2 Å². The van der Waals surface area contributed by atoms with Crippen molar-refractivity contribution >= 4 is 68.8 Å². The molecule has 264 valence electrons. The molecule has 1 aromatic rings. The Hall–Kier alpha value is -4.36. The fourth-order valence-corrected chi connectivity index (χ4v) is 7.45. The average Bonchev–Trinajstić information content (AvgIpc) is 3.02. The molecule has 1 fully saturated rings. The summed E-state index contributed by atoms with van der Waals surface area (Å²) in [5, 5.41) is 19.5. The first-order valence-electron chi connectivity index (χ1n) is 14.9. The molecule has 1 heterocycles. The van der Waals surface area contributed by atoms with Crippen LogP contribution in [0, 0.1) is 0 Å². The number of guanidine groups is 1. The van der Waals surface area contributed by atoms with Crippen LogP contribution in [0.2, 0.25) is 0 Å². The van der Waals surface area contributed by atoms with Crippen molar-refractivity contribution in [2.45, 2.75) is 62.0 Å². The summed E-state index contributed by atoms with van der Waals surface area (Å²) in [6.45, 7) is 2.50. The van der Waals surface area contributed by atoms with Crippen LogP contribution >= 0.6 is 21.6 Å². The third-order valence-corrected chi connectivity index (χ3v) is 10.5. The normalized spacial score (nSPS) is 22.8. The molecule has 0 aromatic heterocycles. The zero-order valence-electron chi connectivity index (χ0n) is 26.9. The van der Waals surface area contributed by atoms with Crippen LogP contribution < -0.4 is 38.5 Å². The molecule has 1 aliphatic heterocycles. The van der Waals surface area contributed by atoms with E-state index in [1.165, 1.54) is 11.9 Å². The maximum absolute atomic E-state index is 13.9. The lowest BCUT2D eigenvalue weighted by molar-refractivity contribution is -0.141. The van der Waals surface area contributed by atoms with Crippen molar-refractivity contribution in [3.63, 3.8) is 0 Å². The number of ketones is 1. The number of carboxylic acid groups (broad SMARTS) is 1. The quantitative estimate of drug-likeness (QED) is 0.0403. The summed E-state index contributed by atoms with van der Waals surface area (Å²) in [6.07, 6.45) is -0.459. The summed E-state index contributed by atoms with van der Waals surface area (Å²) in [7, 11) is 3.67. The fourth-order valence-electron chi connectivity index (χ4n) is 4.60. The number of benzene rings is 1. The van der Waals surface area contributed by atoms with Gasteiger partial charge in [-0.3, -0.25) is 43.9 Å². The minimum absolute atomic E-state index is 0.0444. The highest BCUT2D eigenvalue weighted by atomic mass is 33.1. The number of nitrogens with two attached hydrogens (primary N) is 3. The van der Waals surface area contributed by atoms with Gasteiger partial charge in [0.1, 0.15) is 18.1 Å². The number of carbonyl (C=O) groups excluding carboxylic acids is 6. The summed E-state index contributed by atoms with van der Waals surface area (Å²) >= 11 is 0. The van der Waals surface area contributed by atoms with E-state index in [0.29, 0.717) is 5.56 Å². The van der Waals surface area contributed by atoms with E-state index >= 15 is 0 Å². The van der Waals surface area contributed by atoms with E-state index in [4.69, 9.17) is 17.2 Å². The van der Waals surface area contributed by atoms with Crippen molar-refractivity contribution < 1.29 is 38.7 Å². The minimum atomic E-state index is -1.60. The van der Waals surface area contributed by atoms with Crippen LogP contribution in [0.15, 0.2) is 35.3 Å². The Kier molecular flexibility index (Phi) is 15.6. The van der Waals surface area contributed by atoms with Gasteiger partial charge in [0.2, 0.25) is 29.5 Å². The number of carbonyl (C=O) groups is 7. The number of nitrogens with one attached hydrogen (secondary N) is 4. The highest BCUT2D eigenvalue weighted by Gasteiger charge is 2.39. The zero-order valence-corrected chi connectivity index (χ0v) is 28.5. The summed E-state index contributed by atoms with van der Waals surface area (Å²) in [4.78, 5) is 95.3. The molecule has 19 heteroatoms. The summed E-state index contributed by atoms with van der Waals surface area (Å²) in [5.41, 5.74) is 16.9. The van der Waals surface area contributed by atoms with E-state index in [0.717, 1.165) is 21.6 Å². The van der Waals surface area contributed by atoms with Gasteiger partial charge < -0.3 is 43.2 Å². The number of carboxylic acids is 1. The zero-order chi connectivity index (χ0) is 36.0. The first kappa shape index (κ1) is 39.8. The minimum Gasteiger partial charge on any atom is -0.481 e. The average molecular weight is 710 g/mol. The Labute approximate surface area is 285 Å². The monoisotopic (exact) mass is 709 g/mol. The first-order valence-corrected chi connectivity index (χ1v) is 17.2. The number of amides is 5. The number of aliphatic carboxylic acids is 1. The molecule has 0 radical (unpaired) electrons. The number of nitrogens with zero attached hydrogens (tertiary/aromatic N) is 2. The molecule has 48 heavy (non-hydrogen) atoms. The van der Waals surface area contributed by atoms with Gasteiger partial charge in [-0.2, -0.15) is 0 Å². The van der Waals surface area contributed by atoms with Gasteiger partial charge in [0.15, 0.2) is 11.7 Å². The molecular formula is C29H43N9O8S2. The largest absolute Gasteiger partial charge is 0.481 e. The number of Topliss-reactive ketones (excluding diaryl/α,β-unsaturated/α-hetero) is 1. The van der Waals surface area contributed by atoms with Gasteiger partial charge in [-0.25, -0.2) is 0 Å². The third kappa shape index (κ3) is 12.7. The van der Waals surface area contributed by atoms with Gasteiger partial charge in [-0.1, -0.05) is 51.9 Å². The van der Waals surface area contributed by atoms with Crippen LogP contribution in [0.5, 0.6) is 0 Å². The Morgan fingerprint density at radius 2 is 1.73 bits per heavy atom. The van der Waals surface area contributed by atoms with E-state index in [1.54, 1.807) is 44.2 Å². The molecular weight excluding hydrogens is 667 g/mol. The first-order chi connectivity index (χ1) is 22.5. The van der Waals surface area contributed by atoms with Crippen LogP contribution in [-0.2, 0) is 28.8 Å². The topological polar surface area (TPSA) is 282 Å². The second-order valence-electron chi connectivity index (χ2n) is 11.4. The van der Waals surface area contributed by atoms with Gasteiger partial charge >= 0.3 is 5.97 Å². The number of hydrogen-bond donors (Lipinski definition) is 8. The molecule has 4 atom stereocenters. The van der Waals surface area contributed by atoms with Gasteiger partial charge in [0.25, 0.3) is 0 Å². The van der Waals surface area contributed by atoms with Crippen LogP contribution in [0.1, 0.15) is 43.5 Å². The Morgan fingerprint density at radius 3 is 2.33 bits per heavy atom. The second kappa shape index (κ2) is 18.8. The summed E-state index contributed by atoms with van der Waals surface area (Å²) in [6, 6.07) is 3.40. The summed E-state index contributed by atoms with van der Waals surface area (Å²) in [5.74, 6) is -5.86. The van der Waals surface area contributed by atoms with E-state index in [-0.39, 0.29) is 43.4 Å². The van der Waals surface area contributed by atoms with Crippen LogP contribution in [0.25, 0.3) is 0 Å². The molecule has 0 spiro atoms. The van der Waals surface area contributed by atoms with E-state index in [2.05, 4.69) is 26.3 Å². The third-order valence-electron chi connectivity index (χ3n) is 7.18. The van der Waals surface area contributed by atoms with Gasteiger partial charge in [0.05, 0.1) is 25.6 Å². The van der Waals surface area contributed by atoms with E-state index in [1.807, 2.05) is 0 Å². The molecule has 11 N–H and O–H groups in total. The van der Waals surface area contributed by atoms with E-state index < -0.39 is 77.4 Å². The SMILES string of the molecule is CN1C(=O)[C@@H](NCC(=O)c2ccccc2)CSSC(C)(C)[C@H](C(N)=O)NC(=O)[C@H](CC(=O)O)NC(=O)CNC(=O)[C@@H]1CCCN=C(N)N. The van der Waals surface area contributed by atoms with Gasteiger partial charge in [-0.05, 0) is 26.7 Å². The molecule has 2 rings (SSSR count). The maximum Gasteiger partial charge on any atom is 0.305 e. The molecule has 1 aliphatic rings. The van der Waals surface area contributed by atoms with Crippen LogP contribution in [0.4, 0.5) is 0 Å². The van der Waals surface area contributed by atoms with E-state index in [9.17, 15) is 38.7 Å². The molecule has 0 aliphatic carbocycles. The Morgan fingerprint density at radius 1 is 1.06 bits per heavy atom. The second-order valence-corrected chi connectivity index (χ2v) is 14.4. The molecule has 0 bridgehead atoms. The molecule has 1 saturated heterocycles. The smallest absolute Gasteiger partial charge is 0.305 e. The van der Waals surface area contributed by atoms with Crippen molar-refractivity contribution in [3.8, 4) is 0 Å². The number of rotatable bonds is 11. The predicted molar refractivity (Wildman–Crippen MR) is 181 cm³/mol. The lowest BCUT2D eigenvalue weighted by Crippen LogP contribution is -2.59. The van der Waals surface area contributed by atoms with Crippen LogP contribution in [0.3, 0.4) is 0 Å². The molecule has 0 unspecified atom stereocenters. The van der Waals surface area contributed by atoms with Crippen molar-refractivity contribution in [3.05, 3.63) is 35.9 Å². The summed E-state index contributed by atoms with van der Waals surface area (Å²) < 4.78 is -1.11. The van der Waals surface area contributed by atoms with Crippen LogP contribution in [-0.4, -0.2) is 119 Å². The molecule has 0 saturated carbocycles. The number of likely N-dealkylation sites (N-methyl/N-ethyl adjacent to an activating group) is 1. The standard InChI is InChI=1S/C29H43N9O8S2/c1-29(2)23(24(30)43)37-25(44)17(12-22(41)42)36-21(40)14-35-26(45)19(10-7-11-33-28(31)32)38(3)27(46)18(15-47-48-29)34-13-20(39)16-8-5-4-6-9-16/h4-6,8-9,17-19,23,34H,7,10-15H2,1-3H3,(H2,30,43)(H,35,45)(H,36,40)(H,37,44)(H,41,42)(H4,31,32,33)/t17-,18-,19-,23-/m0/s1. The van der Waals surface area contributed by atoms with Crippen molar-refractivity contribution in [2.75, 3.05) is 32.4 Å². The highest BCUT2D eigenvalue weighted by Crippen LogP contribution is 2.38. The van der Waals surface area contributed by atoms with Gasteiger partial charge in [0, 0.05) is 29.7 Å². The maximum atomic E-state index is 13.9.